The Kier molecular flexibility index (Phi) is 8.33. The summed E-state index contributed by atoms with van der Waals surface area (Å²) in [4.78, 5) is 23.6. The van der Waals surface area contributed by atoms with Gasteiger partial charge in [0.2, 0.25) is 0 Å². The average molecular weight is 833 g/mol. The Morgan fingerprint density at radius 2 is 0.844 bits per heavy atom. The van der Waals surface area contributed by atoms with Crippen molar-refractivity contribution < 1.29 is 0 Å². The van der Waals surface area contributed by atoms with E-state index in [1.807, 2.05) is 36.0 Å². The Hall–Kier alpha value is -7.99. The fourth-order valence-electron chi connectivity index (χ4n) is 10.2. The molecule has 0 amide bonds. The minimum atomic E-state index is -0.492. The second-order valence-electron chi connectivity index (χ2n) is 16.5. The van der Waals surface area contributed by atoms with E-state index in [9.17, 15) is 0 Å². The van der Waals surface area contributed by atoms with Crippen LogP contribution in [-0.2, 0) is 5.41 Å². The highest BCUT2D eigenvalue weighted by atomic mass is 32.2. The summed E-state index contributed by atoms with van der Waals surface area (Å²) in [7, 11) is 0. The smallest absolute Gasteiger partial charge is 0.164 e. The number of pyridine rings is 1. The molecule has 64 heavy (non-hydrogen) atoms. The van der Waals surface area contributed by atoms with Gasteiger partial charge in [-0.15, -0.1) is 0 Å². The first-order chi connectivity index (χ1) is 31.7. The van der Waals surface area contributed by atoms with E-state index in [1.54, 1.807) is 0 Å². The number of fused-ring (bicyclic) bond motifs is 13. The average Bonchev–Trinajstić information content (AvgIpc) is 3.67. The van der Waals surface area contributed by atoms with E-state index in [0.29, 0.717) is 17.5 Å². The highest BCUT2D eigenvalue weighted by molar-refractivity contribution is 7.99. The minimum Gasteiger partial charge on any atom is -0.247 e. The first kappa shape index (κ1) is 36.6. The van der Waals surface area contributed by atoms with Crippen molar-refractivity contribution in [2.45, 2.75) is 15.2 Å². The van der Waals surface area contributed by atoms with Gasteiger partial charge in [0, 0.05) is 48.2 Å². The Morgan fingerprint density at radius 3 is 1.53 bits per heavy atom. The zero-order chi connectivity index (χ0) is 42.2. The summed E-state index contributed by atoms with van der Waals surface area (Å²) in [6.07, 6.45) is 0. The van der Waals surface area contributed by atoms with Crippen molar-refractivity contribution in [3.63, 3.8) is 0 Å². The molecule has 0 saturated carbocycles. The summed E-state index contributed by atoms with van der Waals surface area (Å²) < 4.78 is 0. The van der Waals surface area contributed by atoms with E-state index in [1.165, 1.54) is 48.6 Å². The van der Waals surface area contributed by atoms with Gasteiger partial charge in [0.25, 0.3) is 0 Å². The summed E-state index contributed by atoms with van der Waals surface area (Å²) >= 11 is 1.87. The third-order valence-corrected chi connectivity index (χ3v) is 14.1. The van der Waals surface area contributed by atoms with Gasteiger partial charge in [0.1, 0.15) is 0 Å². The third-order valence-electron chi connectivity index (χ3n) is 13.0. The van der Waals surface area contributed by atoms with E-state index in [0.717, 1.165) is 55.4 Å². The van der Waals surface area contributed by atoms with Crippen molar-refractivity contribution in [1.29, 1.82) is 0 Å². The highest BCUT2D eigenvalue weighted by Crippen LogP contribution is 2.63. The monoisotopic (exact) mass is 832 g/mol. The maximum Gasteiger partial charge on any atom is 0.164 e. The van der Waals surface area contributed by atoms with Crippen LogP contribution in [-0.4, -0.2) is 19.9 Å². The summed E-state index contributed by atoms with van der Waals surface area (Å²) in [5, 5.41) is 3.40. The SMILES string of the molecule is c1ccc(-c2cccc(-c3nc(-c4ccccc4)nc(-c4ccc5c(c4)nc(-c4ccccc4)c4ccc6c(c45)-c4ccccc4C64c5ccccc5Sc5ccccc54)n3)c2)cc1. The lowest BCUT2D eigenvalue weighted by Crippen LogP contribution is -2.31. The number of hydrogen-bond acceptors (Lipinski definition) is 5. The second kappa shape index (κ2) is 14.6. The molecule has 2 aromatic heterocycles. The topological polar surface area (TPSA) is 51.6 Å². The highest BCUT2D eigenvalue weighted by Gasteiger charge is 2.50. The molecule has 4 nitrogen and oxygen atoms in total. The molecule has 0 bridgehead atoms. The lowest BCUT2D eigenvalue weighted by Gasteiger charge is -2.39. The standard InChI is InChI=1S/C59H36N4S/c1-4-17-37(18-5-1)40-23-16-24-41(35-40)57-61-56(39-21-8-3-9-22-39)62-58(63-57)42-31-32-44-50(36-42)60-55(38-19-6-2-7-20-38)45-33-34-49-54(53(44)45)43-25-10-11-26-46(43)59(49)47-27-12-14-29-51(47)64-52-30-15-13-28-48(52)59/h1-36H. The summed E-state index contributed by atoms with van der Waals surface area (Å²) in [6, 6.07) is 77.9. The molecule has 0 unspecified atom stereocenters. The van der Waals surface area contributed by atoms with Gasteiger partial charge in [-0.1, -0.05) is 206 Å². The zero-order valence-corrected chi connectivity index (χ0v) is 35.3. The van der Waals surface area contributed by atoms with E-state index in [2.05, 4.69) is 194 Å². The van der Waals surface area contributed by atoms with Crippen molar-refractivity contribution in [2.75, 3.05) is 0 Å². The Morgan fingerprint density at radius 1 is 0.328 bits per heavy atom. The molecule has 11 aromatic rings. The lowest BCUT2D eigenvalue weighted by atomic mass is 9.67. The molecule has 1 aliphatic heterocycles. The molecule has 298 valence electrons. The lowest BCUT2D eigenvalue weighted by molar-refractivity contribution is 0.723. The van der Waals surface area contributed by atoms with Crippen LogP contribution >= 0.6 is 11.8 Å². The Balaban J connectivity index is 1.08. The molecule has 0 N–H and O–H groups in total. The predicted octanol–water partition coefficient (Wildman–Crippen LogP) is 14.7. The molecule has 9 aromatic carbocycles. The number of benzene rings is 9. The van der Waals surface area contributed by atoms with Gasteiger partial charge in [-0.2, -0.15) is 0 Å². The van der Waals surface area contributed by atoms with Crippen LogP contribution in [0.5, 0.6) is 0 Å². The van der Waals surface area contributed by atoms with Gasteiger partial charge in [-0.3, -0.25) is 0 Å². The first-order valence-electron chi connectivity index (χ1n) is 21.6. The number of nitrogens with zero attached hydrogens (tertiary/aromatic N) is 4. The maximum absolute atomic E-state index is 5.55. The molecule has 3 heterocycles. The van der Waals surface area contributed by atoms with E-state index in [-0.39, 0.29) is 0 Å². The molecule has 1 aliphatic carbocycles. The van der Waals surface area contributed by atoms with Gasteiger partial charge in [-0.05, 0) is 68.8 Å². The van der Waals surface area contributed by atoms with Crippen LogP contribution in [0.1, 0.15) is 22.3 Å². The molecule has 0 saturated heterocycles. The van der Waals surface area contributed by atoms with Gasteiger partial charge in [0.15, 0.2) is 17.5 Å². The molecule has 0 radical (unpaired) electrons. The van der Waals surface area contributed by atoms with Crippen LogP contribution in [0, 0.1) is 0 Å². The Labute approximate surface area is 375 Å². The zero-order valence-electron chi connectivity index (χ0n) is 34.5. The molecule has 2 aliphatic rings. The fourth-order valence-corrected chi connectivity index (χ4v) is 11.4. The molecule has 1 spiro atoms. The van der Waals surface area contributed by atoms with Crippen LogP contribution < -0.4 is 0 Å². The predicted molar refractivity (Wildman–Crippen MR) is 261 cm³/mol. The third kappa shape index (κ3) is 5.57. The van der Waals surface area contributed by atoms with Crippen LogP contribution in [0.2, 0.25) is 0 Å². The van der Waals surface area contributed by atoms with Crippen molar-refractivity contribution in [1.82, 2.24) is 19.9 Å². The van der Waals surface area contributed by atoms with Crippen LogP contribution in [0.25, 0.3) is 89.4 Å². The van der Waals surface area contributed by atoms with Crippen LogP contribution in [0.15, 0.2) is 228 Å². The van der Waals surface area contributed by atoms with Crippen molar-refractivity contribution in [3.8, 4) is 67.7 Å². The molecule has 0 atom stereocenters. The summed E-state index contributed by atoms with van der Waals surface area (Å²) in [5.74, 6) is 1.83. The number of rotatable bonds is 5. The summed E-state index contributed by atoms with van der Waals surface area (Å²) in [6.45, 7) is 0. The van der Waals surface area contributed by atoms with Gasteiger partial charge in [0.05, 0.1) is 16.6 Å². The van der Waals surface area contributed by atoms with Gasteiger partial charge >= 0.3 is 0 Å². The van der Waals surface area contributed by atoms with Crippen LogP contribution in [0.4, 0.5) is 0 Å². The molecular weight excluding hydrogens is 797 g/mol. The van der Waals surface area contributed by atoms with Crippen molar-refractivity contribution >= 4 is 33.4 Å². The van der Waals surface area contributed by atoms with Crippen molar-refractivity contribution in [3.05, 3.63) is 241 Å². The summed E-state index contributed by atoms with van der Waals surface area (Å²) in [5.41, 5.74) is 15.1. The van der Waals surface area contributed by atoms with E-state index < -0.39 is 5.41 Å². The largest absolute Gasteiger partial charge is 0.247 e. The molecule has 13 rings (SSSR count). The molecule has 5 heteroatoms. The number of aromatic nitrogens is 4. The molecular formula is C59H36N4S. The van der Waals surface area contributed by atoms with Gasteiger partial charge < -0.3 is 0 Å². The Bertz CT molecular complexity index is 3600. The fraction of sp³-hybridized carbons (Fsp3) is 0.0169. The first-order valence-corrected chi connectivity index (χ1v) is 22.4. The minimum absolute atomic E-state index is 0.492. The normalized spacial score (nSPS) is 13.1. The van der Waals surface area contributed by atoms with E-state index in [4.69, 9.17) is 19.9 Å². The van der Waals surface area contributed by atoms with Crippen LogP contribution in [0.3, 0.4) is 0 Å². The molecule has 0 fully saturated rings. The quantitative estimate of drug-likeness (QED) is 0.162. The number of hydrogen-bond donors (Lipinski definition) is 0. The van der Waals surface area contributed by atoms with E-state index >= 15 is 0 Å². The van der Waals surface area contributed by atoms with Crippen molar-refractivity contribution in [2.24, 2.45) is 0 Å². The van der Waals surface area contributed by atoms with Gasteiger partial charge in [-0.25, -0.2) is 19.9 Å². The maximum atomic E-state index is 5.55. The second-order valence-corrected chi connectivity index (χ2v) is 17.6.